The Morgan fingerprint density at radius 3 is 2.89 bits per heavy atom. The van der Waals surface area contributed by atoms with Crippen molar-refractivity contribution in [2.45, 2.75) is 6.04 Å². The lowest BCUT2D eigenvalue weighted by Gasteiger charge is -2.03. The van der Waals surface area contributed by atoms with Gasteiger partial charge in [0.25, 0.3) is 0 Å². The van der Waals surface area contributed by atoms with Crippen molar-refractivity contribution in [3.63, 3.8) is 0 Å². The summed E-state index contributed by atoms with van der Waals surface area (Å²) < 4.78 is 0. The van der Waals surface area contributed by atoms with Crippen LogP contribution in [0, 0.1) is 0 Å². The SMILES string of the molecule is Oc1cc2c([nH]1)=CC1N=C(c3ccncc3)N=C1C=2. The van der Waals surface area contributed by atoms with Crippen molar-refractivity contribution in [1.29, 1.82) is 0 Å². The third-order valence-corrected chi connectivity index (χ3v) is 3.23. The molecule has 2 aromatic rings. The highest BCUT2D eigenvalue weighted by atomic mass is 16.3. The number of aromatic hydroxyl groups is 1. The molecule has 4 rings (SSSR count). The van der Waals surface area contributed by atoms with Crippen molar-refractivity contribution in [2.24, 2.45) is 9.98 Å². The first-order valence-corrected chi connectivity index (χ1v) is 5.98. The minimum absolute atomic E-state index is 0.0753. The Hall–Kier alpha value is -2.69. The Kier molecular flexibility index (Phi) is 1.97. The number of H-pyrrole nitrogens is 1. The van der Waals surface area contributed by atoms with Gasteiger partial charge in [0.15, 0.2) is 11.7 Å². The summed E-state index contributed by atoms with van der Waals surface area (Å²) in [6, 6.07) is 5.40. The van der Waals surface area contributed by atoms with Crippen molar-refractivity contribution in [3.8, 4) is 5.88 Å². The van der Waals surface area contributed by atoms with Gasteiger partial charge < -0.3 is 10.1 Å². The molecule has 2 N–H and O–H groups in total. The second kappa shape index (κ2) is 3.65. The number of hydrogen-bond acceptors (Lipinski definition) is 4. The quantitative estimate of drug-likeness (QED) is 0.745. The molecule has 1 aliphatic carbocycles. The van der Waals surface area contributed by atoms with E-state index in [1.165, 1.54) is 0 Å². The van der Waals surface area contributed by atoms with Gasteiger partial charge in [0.1, 0.15) is 6.04 Å². The third kappa shape index (κ3) is 1.59. The van der Waals surface area contributed by atoms with Crippen LogP contribution in [0.15, 0.2) is 40.6 Å². The number of aliphatic imine (C=N–C) groups is 2. The summed E-state index contributed by atoms with van der Waals surface area (Å²) in [7, 11) is 0. The van der Waals surface area contributed by atoms with E-state index in [1.807, 2.05) is 24.3 Å². The van der Waals surface area contributed by atoms with E-state index in [0.29, 0.717) is 0 Å². The summed E-state index contributed by atoms with van der Waals surface area (Å²) in [6.07, 6.45) is 7.39. The first-order valence-electron chi connectivity index (χ1n) is 5.98. The van der Waals surface area contributed by atoms with Gasteiger partial charge in [-0.3, -0.25) is 9.98 Å². The van der Waals surface area contributed by atoms with Gasteiger partial charge in [0.05, 0.1) is 5.71 Å². The molecule has 0 amide bonds. The summed E-state index contributed by atoms with van der Waals surface area (Å²) in [4.78, 5) is 16.0. The van der Waals surface area contributed by atoms with Crippen LogP contribution in [-0.4, -0.2) is 32.7 Å². The Morgan fingerprint density at radius 1 is 1.21 bits per heavy atom. The maximum atomic E-state index is 9.44. The van der Waals surface area contributed by atoms with Gasteiger partial charge in [-0.1, -0.05) is 0 Å². The average molecular weight is 250 g/mol. The maximum absolute atomic E-state index is 9.44. The van der Waals surface area contributed by atoms with E-state index in [0.717, 1.165) is 27.7 Å². The smallest absolute Gasteiger partial charge is 0.189 e. The highest BCUT2D eigenvalue weighted by Gasteiger charge is 2.22. The normalized spacial score (nSPS) is 19.7. The number of aromatic amines is 1. The average Bonchev–Trinajstić information content (AvgIpc) is 2.98. The predicted molar refractivity (Wildman–Crippen MR) is 72.6 cm³/mol. The number of fused-ring (bicyclic) bond motifs is 2. The monoisotopic (exact) mass is 250 g/mol. The van der Waals surface area contributed by atoms with Gasteiger partial charge in [-0.25, -0.2) is 4.99 Å². The molecule has 1 unspecified atom stereocenters. The van der Waals surface area contributed by atoms with Crippen LogP contribution < -0.4 is 10.6 Å². The van der Waals surface area contributed by atoms with E-state index in [9.17, 15) is 5.11 Å². The molecule has 5 nitrogen and oxygen atoms in total. The fourth-order valence-electron chi connectivity index (χ4n) is 2.34. The molecule has 92 valence electrons. The second-order valence-corrected chi connectivity index (χ2v) is 4.50. The van der Waals surface area contributed by atoms with Crippen LogP contribution in [0.25, 0.3) is 12.2 Å². The van der Waals surface area contributed by atoms with Crippen molar-refractivity contribution < 1.29 is 5.11 Å². The predicted octanol–water partition coefficient (Wildman–Crippen LogP) is -0.0401. The molecular weight excluding hydrogens is 240 g/mol. The van der Waals surface area contributed by atoms with Crippen molar-refractivity contribution in [1.82, 2.24) is 9.97 Å². The van der Waals surface area contributed by atoms with Gasteiger partial charge in [-0.05, 0) is 24.3 Å². The fraction of sp³-hybridized carbons (Fsp3) is 0.0714. The molecule has 0 aromatic carbocycles. The topological polar surface area (TPSA) is 73.6 Å². The van der Waals surface area contributed by atoms with E-state index < -0.39 is 0 Å². The molecule has 0 saturated heterocycles. The lowest BCUT2D eigenvalue weighted by molar-refractivity contribution is 0.456. The van der Waals surface area contributed by atoms with Gasteiger partial charge in [0, 0.05) is 34.6 Å². The molecule has 1 aliphatic heterocycles. The minimum atomic E-state index is -0.0753. The number of hydrogen-bond donors (Lipinski definition) is 2. The van der Waals surface area contributed by atoms with Gasteiger partial charge >= 0.3 is 0 Å². The third-order valence-electron chi connectivity index (χ3n) is 3.23. The Bertz CT molecular complexity index is 830. The lowest BCUT2D eigenvalue weighted by Crippen LogP contribution is -2.32. The van der Waals surface area contributed by atoms with Gasteiger partial charge in [-0.2, -0.15) is 0 Å². The molecule has 2 aromatic heterocycles. The molecule has 5 heteroatoms. The molecule has 3 heterocycles. The molecular formula is C14H10N4O. The number of amidine groups is 1. The Balaban J connectivity index is 1.83. The molecule has 19 heavy (non-hydrogen) atoms. The van der Waals surface area contributed by atoms with Gasteiger partial charge in [-0.15, -0.1) is 0 Å². The van der Waals surface area contributed by atoms with E-state index in [-0.39, 0.29) is 11.9 Å². The van der Waals surface area contributed by atoms with Crippen LogP contribution in [0.3, 0.4) is 0 Å². The van der Waals surface area contributed by atoms with Crippen molar-refractivity contribution in [2.75, 3.05) is 0 Å². The number of aromatic nitrogens is 2. The van der Waals surface area contributed by atoms with Crippen molar-refractivity contribution >= 4 is 23.7 Å². The molecule has 0 fully saturated rings. The zero-order chi connectivity index (χ0) is 12.8. The molecule has 0 saturated carbocycles. The number of nitrogens with one attached hydrogen (secondary N) is 1. The molecule has 0 radical (unpaired) electrons. The Labute approximate surface area is 108 Å². The first-order chi connectivity index (χ1) is 9.29. The molecule has 1 atom stereocenters. The van der Waals surface area contributed by atoms with Crippen LogP contribution >= 0.6 is 0 Å². The zero-order valence-corrected chi connectivity index (χ0v) is 9.91. The fourth-order valence-corrected chi connectivity index (χ4v) is 2.34. The Morgan fingerprint density at radius 2 is 2.05 bits per heavy atom. The summed E-state index contributed by atoms with van der Waals surface area (Å²) in [5.74, 6) is 0.890. The summed E-state index contributed by atoms with van der Waals surface area (Å²) in [5, 5.41) is 11.3. The second-order valence-electron chi connectivity index (χ2n) is 4.50. The molecule has 2 aliphatic rings. The van der Waals surface area contributed by atoms with Gasteiger partial charge in [0.2, 0.25) is 0 Å². The van der Waals surface area contributed by atoms with E-state index in [2.05, 4.69) is 20.0 Å². The standard InChI is InChI=1S/C14H10N4O/c19-13-6-9-5-11-12(7-10(9)16-13)18-14(17-11)8-1-3-15-4-2-8/h1-7,12,16,19H. The number of pyridine rings is 1. The molecule has 0 spiro atoms. The van der Waals surface area contributed by atoms with E-state index >= 15 is 0 Å². The minimum Gasteiger partial charge on any atom is -0.495 e. The highest BCUT2D eigenvalue weighted by molar-refractivity contribution is 6.26. The first kappa shape index (κ1) is 10.3. The largest absolute Gasteiger partial charge is 0.495 e. The van der Waals surface area contributed by atoms with Crippen LogP contribution in [-0.2, 0) is 0 Å². The van der Waals surface area contributed by atoms with Crippen LogP contribution in [0.5, 0.6) is 5.88 Å². The van der Waals surface area contributed by atoms with Crippen LogP contribution in [0.2, 0.25) is 0 Å². The zero-order valence-electron chi connectivity index (χ0n) is 9.91. The summed E-state index contributed by atoms with van der Waals surface area (Å²) in [5.41, 5.74) is 1.86. The van der Waals surface area contributed by atoms with E-state index in [4.69, 9.17) is 0 Å². The van der Waals surface area contributed by atoms with E-state index in [1.54, 1.807) is 18.5 Å². The summed E-state index contributed by atoms with van der Waals surface area (Å²) in [6.45, 7) is 0. The number of rotatable bonds is 1. The highest BCUT2D eigenvalue weighted by Crippen LogP contribution is 2.15. The maximum Gasteiger partial charge on any atom is 0.189 e. The van der Waals surface area contributed by atoms with Crippen molar-refractivity contribution in [3.05, 3.63) is 46.7 Å². The molecule has 0 bridgehead atoms. The van der Waals surface area contributed by atoms with Crippen LogP contribution in [0.1, 0.15) is 5.56 Å². The lowest BCUT2D eigenvalue weighted by atomic mass is 10.1. The number of nitrogens with zero attached hydrogens (tertiary/aromatic N) is 3. The summed E-state index contributed by atoms with van der Waals surface area (Å²) >= 11 is 0. The van der Waals surface area contributed by atoms with Crippen LogP contribution in [0.4, 0.5) is 0 Å².